The number of aromatic nitrogens is 2. The highest BCUT2D eigenvalue weighted by atomic mass is 28.3. The van der Waals surface area contributed by atoms with Crippen LogP contribution in [0.15, 0.2) is 18.7 Å². The standard InChI is InChI=1S/C7H12N2Si/c1-10(2,3)7-4-8-6-9-5-7/h4-6H,1-3H3/i1D3,2D3. The third-order valence-corrected chi connectivity index (χ3v) is 2.55. The lowest BCUT2D eigenvalue weighted by Crippen LogP contribution is -2.37. The molecule has 1 aromatic heterocycles. The summed E-state index contributed by atoms with van der Waals surface area (Å²) in [6.07, 6.45) is 3.83. The van der Waals surface area contributed by atoms with Crippen LogP contribution in [0, 0.1) is 0 Å². The third kappa shape index (κ3) is 1.64. The molecule has 0 atom stereocenters. The van der Waals surface area contributed by atoms with Crippen molar-refractivity contribution in [2.75, 3.05) is 0 Å². The van der Waals surface area contributed by atoms with E-state index >= 15 is 0 Å². The molecular formula is C7H12N2Si. The Morgan fingerprint density at radius 3 is 2.50 bits per heavy atom. The van der Waals surface area contributed by atoms with Gasteiger partial charge in [-0.2, -0.15) is 0 Å². The summed E-state index contributed by atoms with van der Waals surface area (Å²) in [6.45, 7) is -3.70. The predicted octanol–water partition coefficient (Wildman–Crippen LogP) is 1.02. The Labute approximate surface area is 70.8 Å². The lowest BCUT2D eigenvalue weighted by Gasteiger charge is -2.13. The lowest BCUT2D eigenvalue weighted by molar-refractivity contribution is 1.18. The molecule has 0 fully saturated rings. The van der Waals surface area contributed by atoms with Crippen molar-refractivity contribution in [3.63, 3.8) is 0 Å². The van der Waals surface area contributed by atoms with E-state index in [1.807, 2.05) is 0 Å². The molecule has 0 aliphatic carbocycles. The van der Waals surface area contributed by atoms with E-state index in [4.69, 9.17) is 8.22 Å². The minimum Gasteiger partial charge on any atom is -0.245 e. The first-order chi connectivity index (χ1) is 7.11. The first-order valence-corrected chi connectivity index (χ1v) is 5.36. The molecular weight excluding hydrogens is 140 g/mol. The van der Waals surface area contributed by atoms with Crippen LogP contribution in [0.25, 0.3) is 0 Å². The molecule has 0 aliphatic heterocycles. The van der Waals surface area contributed by atoms with Crippen molar-refractivity contribution in [3.8, 4) is 0 Å². The molecule has 1 aromatic rings. The summed E-state index contributed by atoms with van der Waals surface area (Å²) in [5, 5.41) is 0.231. The highest BCUT2D eigenvalue weighted by Crippen LogP contribution is 1.98. The largest absolute Gasteiger partial charge is 0.245 e. The van der Waals surface area contributed by atoms with E-state index in [9.17, 15) is 0 Å². The summed E-state index contributed by atoms with van der Waals surface area (Å²) in [7, 11) is -3.65. The normalized spacial score (nSPS) is 22.9. The van der Waals surface area contributed by atoms with Crippen molar-refractivity contribution in [2.45, 2.75) is 19.5 Å². The molecule has 3 heteroatoms. The molecule has 0 bridgehead atoms. The van der Waals surface area contributed by atoms with Gasteiger partial charge in [0.05, 0.1) is 8.07 Å². The van der Waals surface area contributed by atoms with Crippen LogP contribution in [-0.2, 0) is 0 Å². The van der Waals surface area contributed by atoms with E-state index in [0.29, 0.717) is 0 Å². The molecule has 0 saturated heterocycles. The molecule has 0 aliphatic rings. The molecule has 0 amide bonds. The summed E-state index contributed by atoms with van der Waals surface area (Å²) >= 11 is 0. The number of hydrogen-bond acceptors (Lipinski definition) is 2. The highest BCUT2D eigenvalue weighted by molar-refractivity contribution is 6.88. The maximum Gasteiger partial charge on any atom is 0.115 e. The van der Waals surface area contributed by atoms with E-state index in [2.05, 4.69) is 9.97 Å². The zero-order chi connectivity index (χ0) is 12.6. The van der Waals surface area contributed by atoms with Crippen LogP contribution in [0.5, 0.6) is 0 Å². The van der Waals surface area contributed by atoms with Gasteiger partial charge in [-0.15, -0.1) is 0 Å². The van der Waals surface area contributed by atoms with Gasteiger partial charge in [0.15, 0.2) is 0 Å². The van der Waals surface area contributed by atoms with Crippen LogP contribution in [-0.4, -0.2) is 18.0 Å². The lowest BCUT2D eigenvalue weighted by atomic mass is 10.7. The summed E-state index contributed by atoms with van der Waals surface area (Å²) in [6, 6.07) is 0. The van der Waals surface area contributed by atoms with Gasteiger partial charge in [-0.1, -0.05) is 19.5 Å². The molecule has 0 unspecified atom stereocenters. The van der Waals surface area contributed by atoms with Crippen LogP contribution < -0.4 is 5.19 Å². The zero-order valence-corrected chi connectivity index (χ0v) is 6.63. The molecule has 1 rings (SSSR count). The quantitative estimate of drug-likeness (QED) is 0.570. The molecule has 1 heterocycles. The van der Waals surface area contributed by atoms with Crippen molar-refractivity contribution < 1.29 is 8.22 Å². The molecule has 0 aromatic carbocycles. The maximum atomic E-state index is 7.46. The van der Waals surface area contributed by atoms with Gasteiger partial charge in [-0.25, -0.2) is 9.97 Å². The van der Waals surface area contributed by atoms with E-state index in [1.54, 1.807) is 0 Å². The second kappa shape index (κ2) is 2.50. The first kappa shape index (κ1) is 2.74. The highest BCUT2D eigenvalue weighted by Gasteiger charge is 2.15. The number of nitrogens with zero attached hydrogens (tertiary/aromatic N) is 2. The van der Waals surface area contributed by atoms with Gasteiger partial charge < -0.3 is 0 Å². The Hall–Kier alpha value is -0.703. The third-order valence-electron chi connectivity index (χ3n) is 1.14. The van der Waals surface area contributed by atoms with Gasteiger partial charge in [-0.3, -0.25) is 0 Å². The molecule has 0 N–H and O–H groups in total. The monoisotopic (exact) mass is 158 g/mol. The van der Waals surface area contributed by atoms with Crippen molar-refractivity contribution >= 4 is 13.3 Å². The van der Waals surface area contributed by atoms with E-state index in [-0.39, 0.29) is 5.19 Å². The van der Waals surface area contributed by atoms with Crippen LogP contribution >= 0.6 is 0 Å². The minimum atomic E-state index is -3.65. The van der Waals surface area contributed by atoms with E-state index < -0.39 is 21.0 Å². The fourth-order valence-electron chi connectivity index (χ4n) is 0.557. The first-order valence-electron chi connectivity index (χ1n) is 5.86. The van der Waals surface area contributed by atoms with Crippen molar-refractivity contribution in [1.82, 2.24) is 9.97 Å². The average Bonchev–Trinajstić information content (AvgIpc) is 2.14. The van der Waals surface area contributed by atoms with Gasteiger partial charge in [-0.05, 0) is 5.19 Å². The smallest absolute Gasteiger partial charge is 0.115 e. The Balaban J connectivity index is 3.39. The van der Waals surface area contributed by atoms with Gasteiger partial charge in [0.2, 0.25) is 0 Å². The fraction of sp³-hybridized carbons (Fsp3) is 0.429. The summed E-state index contributed by atoms with van der Waals surface area (Å²) < 4.78 is 44.8. The number of hydrogen-bond donors (Lipinski definition) is 0. The Bertz CT molecular complexity index is 345. The van der Waals surface area contributed by atoms with Crippen LogP contribution in [0.1, 0.15) is 8.22 Å². The van der Waals surface area contributed by atoms with Gasteiger partial charge in [0.1, 0.15) is 6.33 Å². The molecule has 0 radical (unpaired) electrons. The maximum absolute atomic E-state index is 7.46. The van der Waals surface area contributed by atoms with Crippen LogP contribution in [0.4, 0.5) is 0 Å². The van der Waals surface area contributed by atoms with E-state index in [0.717, 1.165) is 0 Å². The van der Waals surface area contributed by atoms with Crippen LogP contribution in [0.3, 0.4) is 0 Å². The second-order valence-electron chi connectivity index (χ2n) is 2.25. The molecule has 0 spiro atoms. The Kier molecular flexibility index (Phi) is 0.683. The molecule has 0 saturated carbocycles. The molecule has 10 heavy (non-hydrogen) atoms. The Morgan fingerprint density at radius 2 is 2.00 bits per heavy atom. The average molecular weight is 158 g/mol. The SMILES string of the molecule is [2H]C([2H])([2H])[Si](C)(c1cncnc1)C([2H])([2H])[2H]. The van der Waals surface area contributed by atoms with Crippen molar-refractivity contribution in [1.29, 1.82) is 0 Å². The summed E-state index contributed by atoms with van der Waals surface area (Å²) in [5.74, 6) is 0. The predicted molar refractivity (Wildman–Crippen MR) is 45.0 cm³/mol. The van der Waals surface area contributed by atoms with Gasteiger partial charge in [0, 0.05) is 20.6 Å². The zero-order valence-electron chi connectivity index (χ0n) is 11.6. The fourth-order valence-corrected chi connectivity index (χ4v) is 1.22. The topological polar surface area (TPSA) is 25.8 Å². The molecule has 54 valence electrons. The minimum absolute atomic E-state index is 0.231. The Morgan fingerprint density at radius 1 is 1.40 bits per heavy atom. The molecule has 2 nitrogen and oxygen atoms in total. The summed E-state index contributed by atoms with van der Waals surface area (Å²) in [4.78, 5) is 7.40. The summed E-state index contributed by atoms with van der Waals surface area (Å²) in [5.41, 5.74) is 0. The van der Waals surface area contributed by atoms with Gasteiger partial charge in [0.25, 0.3) is 0 Å². The van der Waals surface area contributed by atoms with Crippen molar-refractivity contribution in [3.05, 3.63) is 18.7 Å². The van der Waals surface area contributed by atoms with E-state index in [1.165, 1.54) is 25.3 Å². The number of rotatable bonds is 1. The van der Waals surface area contributed by atoms with Gasteiger partial charge >= 0.3 is 0 Å². The van der Waals surface area contributed by atoms with Crippen molar-refractivity contribution in [2.24, 2.45) is 0 Å². The second-order valence-corrected chi connectivity index (χ2v) is 5.08. The van der Waals surface area contributed by atoms with Crippen LogP contribution in [0.2, 0.25) is 19.5 Å².